The van der Waals surface area contributed by atoms with E-state index in [4.69, 9.17) is 0 Å². The average Bonchev–Trinajstić information content (AvgIpc) is 2.52. The van der Waals surface area contributed by atoms with E-state index in [-0.39, 0.29) is 5.91 Å². The van der Waals surface area contributed by atoms with Crippen molar-refractivity contribution in [1.82, 2.24) is 14.9 Å². The maximum atomic E-state index is 12.6. The van der Waals surface area contributed by atoms with Crippen LogP contribution in [0.2, 0.25) is 0 Å². The van der Waals surface area contributed by atoms with Crippen LogP contribution in [0, 0.1) is 0 Å². The van der Waals surface area contributed by atoms with Crippen molar-refractivity contribution in [3.63, 3.8) is 0 Å². The van der Waals surface area contributed by atoms with Gasteiger partial charge in [0.1, 0.15) is 11.4 Å². The van der Waals surface area contributed by atoms with E-state index in [0.717, 1.165) is 28.8 Å². The fourth-order valence-corrected chi connectivity index (χ4v) is 4.07. The second kappa shape index (κ2) is 6.65. The normalized spacial score (nSPS) is 22.0. The van der Waals surface area contributed by atoms with Gasteiger partial charge in [0.25, 0.3) is 0 Å². The molecule has 1 saturated heterocycles. The number of amides is 1. The van der Waals surface area contributed by atoms with Crippen molar-refractivity contribution < 1.29 is 4.79 Å². The largest absolute Gasteiger partial charge is 0.337 e. The number of thioether (sulfide) groups is 1. The molecule has 2 atom stereocenters. The highest BCUT2D eigenvalue weighted by atomic mass is 32.2. The number of rotatable bonds is 3. The van der Waals surface area contributed by atoms with E-state index in [2.05, 4.69) is 28.7 Å². The smallest absolute Gasteiger partial charge is 0.233 e. The zero-order chi connectivity index (χ0) is 15.5. The van der Waals surface area contributed by atoms with Crippen LogP contribution >= 0.6 is 11.8 Å². The molecular weight excluding hydrogens is 294 g/mol. The minimum atomic E-state index is 0.215. The summed E-state index contributed by atoms with van der Waals surface area (Å²) in [4.78, 5) is 23.3. The first-order valence-corrected chi connectivity index (χ1v) is 8.79. The van der Waals surface area contributed by atoms with E-state index in [1.165, 1.54) is 18.2 Å². The summed E-state index contributed by atoms with van der Waals surface area (Å²) in [7, 11) is 0. The Morgan fingerprint density at radius 2 is 1.95 bits per heavy atom. The van der Waals surface area contributed by atoms with Gasteiger partial charge in [0.15, 0.2) is 0 Å². The molecule has 0 spiro atoms. The number of likely N-dealkylation sites (tertiary alicyclic amines) is 1. The lowest BCUT2D eigenvalue weighted by atomic mass is 9.98. The van der Waals surface area contributed by atoms with Crippen LogP contribution in [0.1, 0.15) is 33.1 Å². The standard InChI is InChI=1S/C17H21N3OS/c1-12-6-5-7-13(2)20(12)16(21)10-22-17-14-8-3-4-9-15(14)18-11-19-17/h3-4,8-9,11-13H,5-7,10H2,1-2H3/t12-,13+. The number of piperidine rings is 1. The van der Waals surface area contributed by atoms with Gasteiger partial charge in [-0.1, -0.05) is 30.0 Å². The van der Waals surface area contributed by atoms with Gasteiger partial charge in [-0.3, -0.25) is 4.79 Å². The van der Waals surface area contributed by atoms with Gasteiger partial charge >= 0.3 is 0 Å². The van der Waals surface area contributed by atoms with Crippen LogP contribution in [0.3, 0.4) is 0 Å². The fraction of sp³-hybridized carbons (Fsp3) is 0.471. The maximum absolute atomic E-state index is 12.6. The van der Waals surface area contributed by atoms with Crippen molar-refractivity contribution in [2.45, 2.75) is 50.2 Å². The van der Waals surface area contributed by atoms with Gasteiger partial charge in [-0.15, -0.1) is 0 Å². The molecule has 2 heterocycles. The highest BCUT2D eigenvalue weighted by Crippen LogP contribution is 2.27. The van der Waals surface area contributed by atoms with Crippen molar-refractivity contribution in [1.29, 1.82) is 0 Å². The Hall–Kier alpha value is -1.62. The Morgan fingerprint density at radius 3 is 2.73 bits per heavy atom. The van der Waals surface area contributed by atoms with Gasteiger partial charge in [-0.05, 0) is 39.2 Å². The number of carbonyl (C=O) groups is 1. The maximum Gasteiger partial charge on any atom is 0.233 e. The number of para-hydroxylation sites is 1. The van der Waals surface area contributed by atoms with Crippen LogP contribution in [0.4, 0.5) is 0 Å². The number of benzene rings is 1. The molecule has 2 aromatic rings. The van der Waals surface area contributed by atoms with Gasteiger partial charge in [-0.2, -0.15) is 0 Å². The summed E-state index contributed by atoms with van der Waals surface area (Å²) in [6, 6.07) is 8.61. The lowest BCUT2D eigenvalue weighted by molar-refractivity contribution is -0.134. The second-order valence-corrected chi connectivity index (χ2v) is 6.88. The molecule has 0 saturated carbocycles. The molecule has 5 heteroatoms. The van der Waals surface area contributed by atoms with Gasteiger partial charge < -0.3 is 4.90 Å². The van der Waals surface area contributed by atoms with Crippen LogP contribution in [-0.4, -0.2) is 38.6 Å². The van der Waals surface area contributed by atoms with Gasteiger partial charge in [0.2, 0.25) is 5.91 Å². The molecule has 1 aliphatic heterocycles. The first kappa shape index (κ1) is 15.3. The Morgan fingerprint density at radius 1 is 1.23 bits per heavy atom. The molecule has 4 nitrogen and oxygen atoms in total. The van der Waals surface area contributed by atoms with Crippen molar-refractivity contribution in [2.75, 3.05) is 5.75 Å². The first-order valence-electron chi connectivity index (χ1n) is 7.80. The van der Waals surface area contributed by atoms with Gasteiger partial charge in [-0.25, -0.2) is 9.97 Å². The third-order valence-corrected chi connectivity index (χ3v) is 5.31. The Kier molecular flexibility index (Phi) is 4.62. The molecular formula is C17H21N3OS. The topological polar surface area (TPSA) is 46.1 Å². The third-order valence-electron chi connectivity index (χ3n) is 4.32. The highest BCUT2D eigenvalue weighted by molar-refractivity contribution is 8.00. The summed E-state index contributed by atoms with van der Waals surface area (Å²) in [6.07, 6.45) is 5.01. The minimum absolute atomic E-state index is 0.215. The molecule has 1 aromatic heterocycles. The summed E-state index contributed by atoms with van der Waals surface area (Å²) < 4.78 is 0. The molecule has 0 aliphatic carbocycles. The average molecular weight is 315 g/mol. The molecule has 116 valence electrons. The highest BCUT2D eigenvalue weighted by Gasteiger charge is 2.28. The molecule has 0 bridgehead atoms. The van der Waals surface area contributed by atoms with E-state index in [0.29, 0.717) is 17.8 Å². The van der Waals surface area contributed by atoms with E-state index in [1.54, 1.807) is 6.33 Å². The fourth-order valence-electron chi connectivity index (χ4n) is 3.21. The SMILES string of the molecule is C[C@@H]1CCC[C@H](C)N1C(=O)CSc1ncnc2ccccc12. The molecule has 22 heavy (non-hydrogen) atoms. The number of nitrogens with zero attached hydrogens (tertiary/aromatic N) is 3. The van der Waals surface area contributed by atoms with Crippen LogP contribution in [0.25, 0.3) is 10.9 Å². The van der Waals surface area contributed by atoms with Crippen LogP contribution < -0.4 is 0 Å². The number of hydrogen-bond donors (Lipinski definition) is 0. The number of fused-ring (bicyclic) bond motifs is 1. The summed E-state index contributed by atoms with van der Waals surface area (Å²) in [5.74, 6) is 0.655. The van der Waals surface area contributed by atoms with E-state index in [9.17, 15) is 4.79 Å². The quantitative estimate of drug-likeness (QED) is 0.642. The second-order valence-electron chi connectivity index (χ2n) is 5.91. The lowest BCUT2D eigenvalue weighted by Crippen LogP contribution is -2.48. The minimum Gasteiger partial charge on any atom is -0.337 e. The van der Waals surface area contributed by atoms with Gasteiger partial charge in [0, 0.05) is 17.5 Å². The molecule has 1 fully saturated rings. The van der Waals surface area contributed by atoms with Crippen molar-refractivity contribution in [2.24, 2.45) is 0 Å². The summed E-state index contributed by atoms with van der Waals surface area (Å²) >= 11 is 1.51. The van der Waals surface area contributed by atoms with Crippen LogP contribution in [0.5, 0.6) is 0 Å². The van der Waals surface area contributed by atoms with Crippen LogP contribution in [0.15, 0.2) is 35.6 Å². The van der Waals surface area contributed by atoms with Crippen molar-refractivity contribution in [3.05, 3.63) is 30.6 Å². The molecule has 0 unspecified atom stereocenters. The summed E-state index contributed by atoms with van der Waals surface area (Å²) in [5.41, 5.74) is 0.923. The first-order chi connectivity index (χ1) is 10.7. The Bertz CT molecular complexity index is 661. The van der Waals surface area contributed by atoms with Crippen LogP contribution in [-0.2, 0) is 4.79 Å². The zero-order valence-corrected chi connectivity index (χ0v) is 13.8. The molecule has 1 aromatic carbocycles. The molecule has 0 radical (unpaired) electrons. The molecule has 1 amide bonds. The predicted octanol–water partition coefficient (Wildman–Crippen LogP) is 3.51. The van der Waals surface area contributed by atoms with Crippen molar-refractivity contribution >= 4 is 28.6 Å². The number of hydrogen-bond acceptors (Lipinski definition) is 4. The van der Waals surface area contributed by atoms with Crippen molar-refractivity contribution in [3.8, 4) is 0 Å². The molecule has 0 N–H and O–H groups in total. The zero-order valence-electron chi connectivity index (χ0n) is 13.0. The third kappa shape index (κ3) is 3.09. The summed E-state index contributed by atoms with van der Waals surface area (Å²) in [6.45, 7) is 4.30. The summed E-state index contributed by atoms with van der Waals surface area (Å²) in [5, 5.41) is 1.90. The predicted molar refractivity (Wildman–Crippen MR) is 89.9 cm³/mol. The van der Waals surface area contributed by atoms with E-state index >= 15 is 0 Å². The molecule has 3 rings (SSSR count). The number of aromatic nitrogens is 2. The molecule has 1 aliphatic rings. The van der Waals surface area contributed by atoms with E-state index in [1.807, 2.05) is 24.3 Å². The Balaban J connectivity index is 1.72. The Labute approximate surface area is 135 Å². The van der Waals surface area contributed by atoms with Gasteiger partial charge in [0.05, 0.1) is 11.3 Å². The number of carbonyl (C=O) groups excluding carboxylic acids is 1. The monoisotopic (exact) mass is 315 g/mol. The lowest BCUT2D eigenvalue weighted by Gasteiger charge is -2.39. The van der Waals surface area contributed by atoms with E-state index < -0.39 is 0 Å².